The summed E-state index contributed by atoms with van der Waals surface area (Å²) in [6.07, 6.45) is 0. The van der Waals surface area contributed by atoms with Gasteiger partial charge in [0.1, 0.15) is 0 Å². The van der Waals surface area contributed by atoms with E-state index in [9.17, 15) is 0 Å². The maximum atomic E-state index is 2.48. The Bertz CT molecular complexity index is 2530. The third kappa shape index (κ3) is 5.43. The summed E-state index contributed by atoms with van der Waals surface area (Å²) in [6, 6.07) is 72.9. The van der Waals surface area contributed by atoms with Crippen molar-refractivity contribution in [1.29, 1.82) is 0 Å². The second-order valence-electron chi connectivity index (χ2n) is 14.1. The molecular weight excluding hydrogens is 627 g/mol. The summed E-state index contributed by atoms with van der Waals surface area (Å²) in [6.45, 7) is 4.70. The summed E-state index contributed by atoms with van der Waals surface area (Å²) >= 11 is 0. The normalized spacial score (nSPS) is 12.6. The first-order valence-corrected chi connectivity index (χ1v) is 18.1. The van der Waals surface area contributed by atoms with E-state index in [0.717, 1.165) is 17.1 Å². The summed E-state index contributed by atoms with van der Waals surface area (Å²) in [5, 5.41) is 0. The molecular formula is C51H39N. The van der Waals surface area contributed by atoms with Crippen LogP contribution in [-0.4, -0.2) is 0 Å². The molecule has 0 atom stereocenters. The molecule has 1 aliphatic rings. The number of nitrogens with zero attached hydrogens (tertiary/aromatic N) is 1. The lowest BCUT2D eigenvalue weighted by Gasteiger charge is -2.31. The second kappa shape index (κ2) is 13.0. The lowest BCUT2D eigenvalue weighted by atomic mass is 9.82. The van der Waals surface area contributed by atoms with Gasteiger partial charge in [-0.3, -0.25) is 0 Å². The van der Waals surface area contributed by atoms with E-state index in [1.54, 1.807) is 0 Å². The van der Waals surface area contributed by atoms with Crippen LogP contribution in [0.3, 0.4) is 0 Å². The van der Waals surface area contributed by atoms with Gasteiger partial charge in [0.05, 0.1) is 5.69 Å². The summed E-state index contributed by atoms with van der Waals surface area (Å²) in [5.74, 6) is 0. The maximum Gasteiger partial charge on any atom is 0.0546 e. The molecule has 1 aliphatic carbocycles. The van der Waals surface area contributed by atoms with Crippen molar-refractivity contribution < 1.29 is 0 Å². The number of hydrogen-bond donors (Lipinski definition) is 0. The van der Waals surface area contributed by atoms with Gasteiger partial charge in [0.15, 0.2) is 0 Å². The van der Waals surface area contributed by atoms with Crippen LogP contribution in [0.25, 0.3) is 55.6 Å². The van der Waals surface area contributed by atoms with E-state index in [1.807, 2.05) is 0 Å². The Morgan fingerprint density at radius 2 is 0.827 bits per heavy atom. The molecule has 0 amide bonds. The van der Waals surface area contributed by atoms with Crippen LogP contribution >= 0.6 is 0 Å². The Hall–Kier alpha value is -6.44. The SMILES string of the molecule is CC1(C)c2ccccc2-c2cc(N(c3cccc(-c4ccccc4)c3)c3cccc(-c4ccccc4)c3-c3ccccc3-c3ccccc3)ccc21. The lowest BCUT2D eigenvalue weighted by molar-refractivity contribution is 0.660. The molecule has 0 saturated carbocycles. The molecule has 0 aliphatic heterocycles. The van der Waals surface area contributed by atoms with Crippen LogP contribution in [0.2, 0.25) is 0 Å². The predicted octanol–water partition coefficient (Wildman–Crippen LogP) is 14.1. The van der Waals surface area contributed by atoms with Crippen molar-refractivity contribution in [3.05, 3.63) is 211 Å². The molecule has 248 valence electrons. The molecule has 8 aromatic rings. The van der Waals surface area contributed by atoms with Crippen LogP contribution < -0.4 is 4.90 Å². The molecule has 52 heavy (non-hydrogen) atoms. The van der Waals surface area contributed by atoms with Crippen molar-refractivity contribution in [2.45, 2.75) is 19.3 Å². The molecule has 0 saturated heterocycles. The molecule has 1 heteroatoms. The monoisotopic (exact) mass is 665 g/mol. The van der Waals surface area contributed by atoms with E-state index in [0.29, 0.717) is 0 Å². The van der Waals surface area contributed by atoms with Gasteiger partial charge in [0.25, 0.3) is 0 Å². The molecule has 0 aromatic heterocycles. The summed E-state index contributed by atoms with van der Waals surface area (Å²) < 4.78 is 0. The number of fused-ring (bicyclic) bond motifs is 3. The minimum absolute atomic E-state index is 0.0739. The van der Waals surface area contributed by atoms with Gasteiger partial charge in [-0.15, -0.1) is 0 Å². The van der Waals surface area contributed by atoms with E-state index in [-0.39, 0.29) is 5.41 Å². The average Bonchev–Trinajstić information content (AvgIpc) is 3.44. The van der Waals surface area contributed by atoms with E-state index < -0.39 is 0 Å². The van der Waals surface area contributed by atoms with Crippen LogP contribution in [0.15, 0.2) is 200 Å². The van der Waals surface area contributed by atoms with Gasteiger partial charge in [-0.05, 0) is 91.5 Å². The quantitative estimate of drug-likeness (QED) is 0.164. The largest absolute Gasteiger partial charge is 0.310 e. The van der Waals surface area contributed by atoms with Crippen LogP contribution in [0.1, 0.15) is 25.0 Å². The van der Waals surface area contributed by atoms with Gasteiger partial charge in [0.2, 0.25) is 0 Å². The third-order valence-electron chi connectivity index (χ3n) is 10.7. The molecule has 0 N–H and O–H groups in total. The second-order valence-corrected chi connectivity index (χ2v) is 14.1. The molecule has 0 spiro atoms. The summed E-state index contributed by atoms with van der Waals surface area (Å²) in [4.78, 5) is 2.48. The molecule has 0 radical (unpaired) electrons. The minimum Gasteiger partial charge on any atom is -0.310 e. The fraction of sp³-hybridized carbons (Fsp3) is 0.0588. The molecule has 0 unspecified atom stereocenters. The molecule has 0 heterocycles. The fourth-order valence-electron chi connectivity index (χ4n) is 8.17. The van der Waals surface area contributed by atoms with Crippen molar-refractivity contribution in [1.82, 2.24) is 0 Å². The van der Waals surface area contributed by atoms with Crippen LogP contribution in [0, 0.1) is 0 Å². The maximum absolute atomic E-state index is 2.48. The molecule has 0 bridgehead atoms. The molecule has 1 nitrogen and oxygen atoms in total. The Kier molecular flexibility index (Phi) is 7.90. The molecule has 9 rings (SSSR count). The number of benzene rings is 8. The van der Waals surface area contributed by atoms with Crippen molar-refractivity contribution in [2.75, 3.05) is 4.90 Å². The van der Waals surface area contributed by atoms with E-state index in [2.05, 4.69) is 219 Å². The van der Waals surface area contributed by atoms with E-state index in [1.165, 1.54) is 66.8 Å². The first kappa shape index (κ1) is 31.5. The zero-order valence-electron chi connectivity index (χ0n) is 29.5. The lowest BCUT2D eigenvalue weighted by Crippen LogP contribution is -2.15. The summed E-state index contributed by atoms with van der Waals surface area (Å²) in [7, 11) is 0. The zero-order valence-corrected chi connectivity index (χ0v) is 29.5. The molecule has 0 fully saturated rings. The Balaban J connectivity index is 1.35. The van der Waals surface area contributed by atoms with Gasteiger partial charge in [-0.1, -0.05) is 184 Å². The average molecular weight is 666 g/mol. The van der Waals surface area contributed by atoms with Crippen LogP contribution in [0.4, 0.5) is 17.1 Å². The smallest absolute Gasteiger partial charge is 0.0546 e. The highest BCUT2D eigenvalue weighted by Crippen LogP contribution is 2.52. The molecule has 8 aromatic carbocycles. The van der Waals surface area contributed by atoms with Crippen molar-refractivity contribution in [3.63, 3.8) is 0 Å². The number of rotatable bonds is 7. The van der Waals surface area contributed by atoms with E-state index in [4.69, 9.17) is 0 Å². The topological polar surface area (TPSA) is 3.24 Å². The predicted molar refractivity (Wildman–Crippen MR) is 220 cm³/mol. The Morgan fingerprint density at radius 3 is 1.54 bits per heavy atom. The summed E-state index contributed by atoms with van der Waals surface area (Å²) in [5.41, 5.74) is 18.2. The Morgan fingerprint density at radius 1 is 0.327 bits per heavy atom. The van der Waals surface area contributed by atoms with Gasteiger partial charge in [-0.2, -0.15) is 0 Å². The third-order valence-corrected chi connectivity index (χ3v) is 10.7. The number of hydrogen-bond acceptors (Lipinski definition) is 1. The van der Waals surface area contributed by atoms with Gasteiger partial charge < -0.3 is 4.90 Å². The highest BCUT2D eigenvalue weighted by molar-refractivity contribution is 6.01. The van der Waals surface area contributed by atoms with E-state index >= 15 is 0 Å². The highest BCUT2D eigenvalue weighted by Gasteiger charge is 2.35. The van der Waals surface area contributed by atoms with Gasteiger partial charge >= 0.3 is 0 Å². The first-order valence-electron chi connectivity index (χ1n) is 18.1. The standard InChI is InChI=1S/C51H39N/c1-51(2)47-30-15-14-27-44(47)46-35-41(32-33-48(46)51)52(40-25-16-24-39(34-40)36-18-6-3-7-19-36)49-31-17-29-43(38-22-10-5-11-23-38)50(49)45-28-13-12-26-42(45)37-20-8-4-9-21-37/h3-35H,1-2H3. The fourth-order valence-corrected chi connectivity index (χ4v) is 8.17. The van der Waals surface area contributed by atoms with Crippen LogP contribution in [0.5, 0.6) is 0 Å². The minimum atomic E-state index is -0.0739. The van der Waals surface area contributed by atoms with Gasteiger partial charge in [-0.25, -0.2) is 0 Å². The van der Waals surface area contributed by atoms with Crippen molar-refractivity contribution >= 4 is 17.1 Å². The highest BCUT2D eigenvalue weighted by atomic mass is 15.1. The van der Waals surface area contributed by atoms with Crippen molar-refractivity contribution in [3.8, 4) is 55.6 Å². The number of anilines is 3. The first-order chi connectivity index (χ1) is 25.6. The Labute approximate surface area is 307 Å². The van der Waals surface area contributed by atoms with Crippen LogP contribution in [-0.2, 0) is 5.41 Å². The zero-order chi connectivity index (χ0) is 35.1. The van der Waals surface area contributed by atoms with Crippen molar-refractivity contribution in [2.24, 2.45) is 0 Å². The van der Waals surface area contributed by atoms with Gasteiger partial charge in [0, 0.05) is 22.4 Å².